The highest BCUT2D eigenvalue weighted by molar-refractivity contribution is 5.91. The van der Waals surface area contributed by atoms with Crippen molar-refractivity contribution < 1.29 is 4.79 Å². The van der Waals surface area contributed by atoms with Gasteiger partial charge in [-0.05, 0) is 68.2 Å². The Morgan fingerprint density at radius 3 is 2.50 bits per heavy atom. The van der Waals surface area contributed by atoms with Gasteiger partial charge in [-0.2, -0.15) is 5.10 Å². The molecule has 26 heavy (non-hydrogen) atoms. The van der Waals surface area contributed by atoms with Crippen molar-refractivity contribution in [3.05, 3.63) is 36.0 Å². The van der Waals surface area contributed by atoms with Gasteiger partial charge in [-0.15, -0.1) is 0 Å². The van der Waals surface area contributed by atoms with Crippen LogP contribution in [0.15, 0.2) is 30.5 Å². The number of aromatic nitrogens is 2. The zero-order valence-corrected chi connectivity index (χ0v) is 15.3. The molecule has 1 N–H and O–H groups in total. The molecule has 2 saturated heterocycles. The molecule has 5 heteroatoms. The van der Waals surface area contributed by atoms with E-state index in [2.05, 4.69) is 39.6 Å². The smallest absolute Gasteiger partial charge is 0.318 e. The van der Waals surface area contributed by atoms with E-state index in [9.17, 15) is 4.79 Å². The van der Waals surface area contributed by atoms with E-state index in [4.69, 9.17) is 0 Å². The Morgan fingerprint density at radius 2 is 1.88 bits per heavy atom. The molecule has 2 aromatic rings. The average molecular weight is 350 g/mol. The van der Waals surface area contributed by atoms with Gasteiger partial charge in [0.05, 0.1) is 5.69 Å². The lowest BCUT2D eigenvalue weighted by Gasteiger charge is -2.52. The second kappa shape index (κ2) is 6.15. The zero-order chi connectivity index (χ0) is 17.7. The highest BCUT2D eigenvalue weighted by atomic mass is 16.2. The molecule has 1 aromatic heterocycles. The van der Waals surface area contributed by atoms with Gasteiger partial charge in [-0.3, -0.25) is 4.68 Å². The summed E-state index contributed by atoms with van der Waals surface area (Å²) < 4.78 is 1.84. The van der Waals surface area contributed by atoms with Gasteiger partial charge in [0.25, 0.3) is 0 Å². The van der Waals surface area contributed by atoms with Crippen LogP contribution in [-0.4, -0.2) is 32.8 Å². The first kappa shape index (κ1) is 15.9. The molecule has 1 saturated carbocycles. The zero-order valence-electron chi connectivity index (χ0n) is 15.3. The Morgan fingerprint density at radius 1 is 1.12 bits per heavy atom. The number of fused-ring (bicyclic) bond motifs is 2. The van der Waals surface area contributed by atoms with E-state index < -0.39 is 0 Å². The van der Waals surface area contributed by atoms with E-state index in [1.807, 2.05) is 17.9 Å². The first-order valence-electron chi connectivity index (χ1n) is 9.92. The van der Waals surface area contributed by atoms with Gasteiger partial charge >= 0.3 is 6.03 Å². The van der Waals surface area contributed by atoms with E-state index >= 15 is 0 Å². The summed E-state index contributed by atoms with van der Waals surface area (Å²) in [4.78, 5) is 14.8. The van der Waals surface area contributed by atoms with Gasteiger partial charge in [-0.25, -0.2) is 4.79 Å². The van der Waals surface area contributed by atoms with E-state index in [0.29, 0.717) is 18.0 Å². The molecule has 3 fully saturated rings. The molecule has 2 bridgehead atoms. The number of aryl methyl sites for hydroxylation is 1. The molecule has 5 rings (SSSR count). The molecular formula is C21H26N4O. The number of piperidine rings is 1. The van der Waals surface area contributed by atoms with Crippen molar-refractivity contribution in [1.82, 2.24) is 14.7 Å². The SMILES string of the molecule is Cn1ccc(-c2cc(NC(=O)N3C4CCCC3C4)ccc2C2CCC2)n1. The maximum Gasteiger partial charge on any atom is 0.322 e. The van der Waals surface area contributed by atoms with Crippen molar-refractivity contribution in [2.75, 3.05) is 5.32 Å². The molecule has 3 aliphatic rings. The fraction of sp³-hybridized carbons (Fsp3) is 0.524. The van der Waals surface area contributed by atoms with Gasteiger partial charge in [0.15, 0.2) is 0 Å². The fourth-order valence-electron chi connectivity index (χ4n) is 4.81. The van der Waals surface area contributed by atoms with Crippen molar-refractivity contribution in [2.45, 2.75) is 62.9 Å². The highest BCUT2D eigenvalue weighted by Gasteiger charge is 2.44. The van der Waals surface area contributed by atoms with Crippen LogP contribution in [0.25, 0.3) is 11.3 Å². The second-order valence-electron chi connectivity index (χ2n) is 8.12. The summed E-state index contributed by atoms with van der Waals surface area (Å²) >= 11 is 0. The van der Waals surface area contributed by atoms with Crippen molar-refractivity contribution in [3.63, 3.8) is 0 Å². The molecular weight excluding hydrogens is 324 g/mol. The largest absolute Gasteiger partial charge is 0.322 e. The van der Waals surface area contributed by atoms with Gasteiger partial charge in [0.1, 0.15) is 0 Å². The molecule has 2 unspecified atom stereocenters. The molecule has 0 spiro atoms. The molecule has 2 amide bonds. The van der Waals surface area contributed by atoms with Gasteiger partial charge in [0, 0.05) is 36.6 Å². The van der Waals surface area contributed by atoms with Crippen molar-refractivity contribution in [1.29, 1.82) is 0 Å². The third-order valence-corrected chi connectivity index (χ3v) is 6.48. The minimum atomic E-state index is 0.0642. The van der Waals surface area contributed by atoms with E-state index in [1.165, 1.54) is 37.7 Å². The Bertz CT molecular complexity index is 824. The number of urea groups is 1. The number of hydrogen-bond donors (Lipinski definition) is 1. The van der Waals surface area contributed by atoms with Crippen LogP contribution in [0, 0.1) is 0 Å². The minimum Gasteiger partial charge on any atom is -0.318 e. The quantitative estimate of drug-likeness (QED) is 0.885. The monoisotopic (exact) mass is 350 g/mol. The molecule has 2 aliphatic heterocycles. The van der Waals surface area contributed by atoms with Crippen LogP contribution in [0.5, 0.6) is 0 Å². The lowest BCUT2D eigenvalue weighted by molar-refractivity contribution is 0.0173. The summed E-state index contributed by atoms with van der Waals surface area (Å²) in [7, 11) is 1.95. The van der Waals surface area contributed by atoms with Crippen LogP contribution in [0.1, 0.15) is 56.4 Å². The summed E-state index contributed by atoms with van der Waals surface area (Å²) in [6.07, 6.45) is 10.6. The summed E-state index contributed by atoms with van der Waals surface area (Å²) in [5, 5.41) is 7.75. The Balaban J connectivity index is 1.41. The third kappa shape index (κ3) is 2.61. The number of anilines is 1. The number of carbonyl (C=O) groups excluding carboxylic acids is 1. The van der Waals surface area contributed by atoms with Crippen LogP contribution in [-0.2, 0) is 7.05 Å². The Labute approximate surface area is 154 Å². The van der Waals surface area contributed by atoms with Crippen LogP contribution >= 0.6 is 0 Å². The van der Waals surface area contributed by atoms with E-state index in [-0.39, 0.29) is 6.03 Å². The minimum absolute atomic E-state index is 0.0642. The molecule has 3 heterocycles. The first-order valence-corrected chi connectivity index (χ1v) is 9.92. The second-order valence-corrected chi connectivity index (χ2v) is 8.12. The third-order valence-electron chi connectivity index (χ3n) is 6.48. The number of benzene rings is 1. The maximum atomic E-state index is 12.7. The summed E-state index contributed by atoms with van der Waals surface area (Å²) in [6.45, 7) is 0. The van der Waals surface area contributed by atoms with Gasteiger partial charge in [0.2, 0.25) is 0 Å². The van der Waals surface area contributed by atoms with Crippen molar-refractivity contribution >= 4 is 11.7 Å². The molecule has 2 atom stereocenters. The molecule has 5 nitrogen and oxygen atoms in total. The summed E-state index contributed by atoms with van der Waals surface area (Å²) in [6, 6.07) is 9.41. The summed E-state index contributed by atoms with van der Waals surface area (Å²) in [5.41, 5.74) is 4.40. The first-order chi connectivity index (χ1) is 12.7. The van der Waals surface area contributed by atoms with Gasteiger partial charge in [-0.1, -0.05) is 12.5 Å². The van der Waals surface area contributed by atoms with Crippen LogP contribution in [0.3, 0.4) is 0 Å². The maximum absolute atomic E-state index is 12.7. The van der Waals surface area contributed by atoms with Gasteiger partial charge < -0.3 is 10.2 Å². The Hall–Kier alpha value is -2.30. The number of nitrogens with one attached hydrogen (secondary N) is 1. The molecule has 0 radical (unpaired) electrons. The van der Waals surface area contributed by atoms with Crippen LogP contribution in [0.2, 0.25) is 0 Å². The number of carbonyl (C=O) groups is 1. The highest BCUT2D eigenvalue weighted by Crippen LogP contribution is 2.42. The number of rotatable bonds is 3. The van der Waals surface area contributed by atoms with Crippen molar-refractivity contribution in [2.24, 2.45) is 7.05 Å². The normalized spacial score (nSPS) is 24.7. The topological polar surface area (TPSA) is 50.2 Å². The fourth-order valence-corrected chi connectivity index (χ4v) is 4.81. The summed E-state index contributed by atoms with van der Waals surface area (Å²) in [5.74, 6) is 0.631. The number of nitrogens with zero attached hydrogens (tertiary/aromatic N) is 3. The van der Waals surface area contributed by atoms with Crippen molar-refractivity contribution in [3.8, 4) is 11.3 Å². The molecule has 1 aromatic carbocycles. The predicted octanol–water partition coefficient (Wildman–Crippen LogP) is 4.51. The standard InChI is InChI=1S/C21H26N4O/c1-24-11-10-20(23-24)19-12-15(8-9-18(19)14-4-2-5-14)22-21(26)25-16-6-3-7-17(25)13-16/h8-12,14,16-17H,2-7,13H2,1H3,(H,22,26). The lowest BCUT2D eigenvalue weighted by atomic mass is 9.77. The number of amides is 2. The van der Waals surface area contributed by atoms with Crippen LogP contribution < -0.4 is 5.32 Å². The average Bonchev–Trinajstić information content (AvgIpc) is 3.01. The predicted molar refractivity (Wildman–Crippen MR) is 102 cm³/mol. The van der Waals surface area contributed by atoms with Crippen LogP contribution in [0.4, 0.5) is 10.5 Å². The van der Waals surface area contributed by atoms with E-state index in [0.717, 1.165) is 29.8 Å². The number of hydrogen-bond acceptors (Lipinski definition) is 2. The molecule has 1 aliphatic carbocycles. The Kier molecular flexibility index (Phi) is 3.76. The molecule has 136 valence electrons. The lowest BCUT2D eigenvalue weighted by Crippen LogP contribution is -2.62. The van der Waals surface area contributed by atoms with E-state index in [1.54, 1.807) is 0 Å².